The highest BCUT2D eigenvalue weighted by Gasteiger charge is 2.25. The molecule has 1 aromatic rings. The van der Waals surface area contributed by atoms with Crippen LogP contribution in [0.3, 0.4) is 0 Å². The van der Waals surface area contributed by atoms with Crippen LogP contribution in [0.5, 0.6) is 11.5 Å². The van der Waals surface area contributed by atoms with Crippen molar-refractivity contribution >= 4 is 21.8 Å². The first-order valence-corrected chi connectivity index (χ1v) is 8.86. The number of halogens is 1. The number of likely N-dealkylation sites (tertiary alicyclic amines) is 1. The maximum atomic E-state index is 12.8. The topological polar surface area (TPSA) is 50.8 Å². The van der Waals surface area contributed by atoms with Gasteiger partial charge in [-0.2, -0.15) is 0 Å². The number of carbonyl (C=O) groups excluding carboxylic acids is 1. The van der Waals surface area contributed by atoms with Crippen LogP contribution in [0.2, 0.25) is 0 Å². The lowest BCUT2D eigenvalue weighted by molar-refractivity contribution is 0.0697. The molecule has 0 aliphatic carbocycles. The van der Waals surface area contributed by atoms with Crippen molar-refractivity contribution in [3.63, 3.8) is 0 Å². The summed E-state index contributed by atoms with van der Waals surface area (Å²) in [6.45, 7) is 4.19. The second-order valence-electron chi connectivity index (χ2n) is 5.72. The van der Waals surface area contributed by atoms with Crippen LogP contribution < -0.4 is 14.8 Å². The lowest BCUT2D eigenvalue weighted by Crippen LogP contribution is -2.46. The highest BCUT2D eigenvalue weighted by Crippen LogP contribution is 2.37. The van der Waals surface area contributed by atoms with Crippen LogP contribution in [0.4, 0.5) is 0 Å². The number of piperidine rings is 1. The summed E-state index contributed by atoms with van der Waals surface area (Å²) in [5.74, 6) is 1.27. The molecule has 0 radical (unpaired) electrons. The summed E-state index contributed by atoms with van der Waals surface area (Å²) in [5, 5.41) is 3.26. The summed E-state index contributed by atoms with van der Waals surface area (Å²) in [6, 6.07) is 3.95. The van der Waals surface area contributed by atoms with Gasteiger partial charge < -0.3 is 19.7 Å². The van der Waals surface area contributed by atoms with E-state index in [-0.39, 0.29) is 5.91 Å². The number of hydrogen-bond donors (Lipinski definition) is 1. The third-order valence-corrected chi connectivity index (χ3v) is 4.63. The molecule has 0 unspecified atom stereocenters. The maximum Gasteiger partial charge on any atom is 0.254 e. The van der Waals surface area contributed by atoms with E-state index >= 15 is 0 Å². The minimum absolute atomic E-state index is 0.0333. The minimum Gasteiger partial charge on any atom is -0.493 e. The Morgan fingerprint density at radius 1 is 1.48 bits per heavy atom. The van der Waals surface area contributed by atoms with Gasteiger partial charge in [-0.25, -0.2) is 0 Å². The lowest BCUT2D eigenvalue weighted by atomic mass is 10.0. The molecule has 1 heterocycles. The fraction of sp³-hybridized carbons (Fsp3) is 0.588. The van der Waals surface area contributed by atoms with Gasteiger partial charge >= 0.3 is 0 Å². The lowest BCUT2D eigenvalue weighted by Gasteiger charge is -2.32. The van der Waals surface area contributed by atoms with Gasteiger partial charge in [-0.3, -0.25) is 4.79 Å². The van der Waals surface area contributed by atoms with Gasteiger partial charge in [0.15, 0.2) is 11.5 Å². The molecule has 5 nitrogen and oxygen atoms in total. The van der Waals surface area contributed by atoms with Crippen LogP contribution in [0.25, 0.3) is 0 Å². The number of methoxy groups -OCH3 is 1. The van der Waals surface area contributed by atoms with Crippen molar-refractivity contribution in [1.82, 2.24) is 10.2 Å². The summed E-state index contributed by atoms with van der Waals surface area (Å²) in [4.78, 5) is 14.7. The number of likely N-dealkylation sites (N-methyl/N-ethyl adjacent to an activating group) is 1. The van der Waals surface area contributed by atoms with Crippen molar-refractivity contribution in [2.24, 2.45) is 0 Å². The predicted molar refractivity (Wildman–Crippen MR) is 94.5 cm³/mol. The summed E-state index contributed by atoms with van der Waals surface area (Å²) in [5.41, 5.74) is 0.620. The number of hydrogen-bond acceptors (Lipinski definition) is 4. The first-order chi connectivity index (χ1) is 11.1. The zero-order valence-corrected chi connectivity index (χ0v) is 15.6. The number of carbonyl (C=O) groups is 1. The van der Waals surface area contributed by atoms with Crippen LogP contribution >= 0.6 is 15.9 Å². The summed E-state index contributed by atoms with van der Waals surface area (Å²) >= 11 is 3.50. The largest absolute Gasteiger partial charge is 0.493 e. The summed E-state index contributed by atoms with van der Waals surface area (Å²) < 4.78 is 11.9. The number of nitrogens with one attached hydrogen (secondary N) is 1. The van der Waals surface area contributed by atoms with E-state index in [1.54, 1.807) is 13.2 Å². The molecule has 1 aliphatic heterocycles. The van der Waals surface area contributed by atoms with Crippen molar-refractivity contribution in [2.75, 3.05) is 33.9 Å². The van der Waals surface area contributed by atoms with Crippen LogP contribution in [-0.4, -0.2) is 50.7 Å². The number of ether oxygens (including phenoxy) is 2. The van der Waals surface area contributed by atoms with Gasteiger partial charge in [0.05, 0.1) is 18.2 Å². The van der Waals surface area contributed by atoms with E-state index in [4.69, 9.17) is 9.47 Å². The monoisotopic (exact) mass is 384 g/mol. The maximum absolute atomic E-state index is 12.8. The Hall–Kier alpha value is -1.27. The van der Waals surface area contributed by atoms with Crippen LogP contribution in [0.1, 0.15) is 36.5 Å². The molecule has 128 valence electrons. The normalized spacial score (nSPS) is 17.9. The Balaban J connectivity index is 2.21. The molecule has 1 aliphatic rings. The Morgan fingerprint density at radius 2 is 2.26 bits per heavy atom. The van der Waals surface area contributed by atoms with Crippen LogP contribution in [-0.2, 0) is 0 Å². The second-order valence-corrected chi connectivity index (χ2v) is 6.57. The average Bonchev–Trinajstić information content (AvgIpc) is 2.59. The van der Waals surface area contributed by atoms with E-state index in [9.17, 15) is 4.79 Å². The molecule has 23 heavy (non-hydrogen) atoms. The van der Waals surface area contributed by atoms with E-state index in [0.29, 0.717) is 29.7 Å². The smallest absolute Gasteiger partial charge is 0.254 e. The number of benzene rings is 1. The Morgan fingerprint density at radius 3 is 2.91 bits per heavy atom. The number of amides is 1. The molecule has 2 rings (SSSR count). The molecule has 1 aromatic carbocycles. The highest BCUT2D eigenvalue weighted by atomic mass is 79.9. The summed E-state index contributed by atoms with van der Waals surface area (Å²) in [6.07, 6.45) is 3.04. The quantitative estimate of drug-likeness (QED) is 0.818. The molecular formula is C17H25BrN2O3. The summed E-state index contributed by atoms with van der Waals surface area (Å²) in [7, 11) is 3.53. The van der Waals surface area contributed by atoms with Gasteiger partial charge in [0.2, 0.25) is 0 Å². The average molecular weight is 385 g/mol. The fourth-order valence-electron chi connectivity index (χ4n) is 2.77. The third-order valence-electron chi connectivity index (χ3n) is 4.04. The molecule has 1 amide bonds. The molecule has 1 N–H and O–H groups in total. The molecular weight excluding hydrogens is 360 g/mol. The second kappa shape index (κ2) is 8.55. The highest BCUT2D eigenvalue weighted by molar-refractivity contribution is 9.10. The standard InChI is InChI=1S/C17H25BrN2O3/c1-4-8-23-16-14(18)9-12(10-15(16)22-3)17(21)20-7-5-6-13(11-20)19-2/h9-10,13,19H,4-8,11H2,1-3H3/t13-/m0/s1. The van der Waals surface area contributed by atoms with E-state index < -0.39 is 0 Å². The van der Waals surface area contributed by atoms with Gasteiger partial charge in [0, 0.05) is 24.7 Å². The van der Waals surface area contributed by atoms with Crippen LogP contribution in [0.15, 0.2) is 16.6 Å². The Labute approximate surface area is 146 Å². The Kier molecular flexibility index (Phi) is 6.72. The molecule has 0 saturated carbocycles. The van der Waals surface area contributed by atoms with Crippen molar-refractivity contribution in [3.8, 4) is 11.5 Å². The SMILES string of the molecule is CCCOc1c(Br)cc(C(=O)N2CCC[C@H](NC)C2)cc1OC. The van der Waals surface area contributed by atoms with E-state index in [1.807, 2.05) is 24.9 Å². The third kappa shape index (κ3) is 4.38. The van der Waals surface area contributed by atoms with Gasteiger partial charge in [0.1, 0.15) is 0 Å². The van der Waals surface area contributed by atoms with Crippen molar-refractivity contribution in [1.29, 1.82) is 0 Å². The van der Waals surface area contributed by atoms with E-state index in [2.05, 4.69) is 21.2 Å². The molecule has 1 atom stereocenters. The predicted octanol–water partition coefficient (Wildman–Crippen LogP) is 3.07. The number of rotatable bonds is 6. The molecule has 0 spiro atoms. The first kappa shape index (κ1) is 18.1. The first-order valence-electron chi connectivity index (χ1n) is 8.07. The molecule has 1 saturated heterocycles. The van der Waals surface area contributed by atoms with Crippen LogP contribution in [0, 0.1) is 0 Å². The zero-order chi connectivity index (χ0) is 16.8. The minimum atomic E-state index is 0.0333. The molecule has 0 aromatic heterocycles. The number of nitrogens with zero attached hydrogens (tertiary/aromatic N) is 1. The van der Waals surface area contributed by atoms with Gasteiger partial charge in [-0.1, -0.05) is 6.92 Å². The van der Waals surface area contributed by atoms with Gasteiger partial charge in [0.25, 0.3) is 5.91 Å². The zero-order valence-electron chi connectivity index (χ0n) is 14.0. The van der Waals surface area contributed by atoms with E-state index in [1.165, 1.54) is 0 Å². The molecule has 0 bridgehead atoms. The van der Waals surface area contributed by atoms with Crippen molar-refractivity contribution < 1.29 is 14.3 Å². The Bertz CT molecular complexity index is 551. The van der Waals surface area contributed by atoms with Gasteiger partial charge in [-0.05, 0) is 54.4 Å². The van der Waals surface area contributed by atoms with Crippen molar-refractivity contribution in [3.05, 3.63) is 22.2 Å². The fourth-order valence-corrected chi connectivity index (χ4v) is 3.32. The molecule has 6 heteroatoms. The molecule has 1 fully saturated rings. The van der Waals surface area contributed by atoms with Crippen molar-refractivity contribution in [2.45, 2.75) is 32.2 Å². The van der Waals surface area contributed by atoms with Gasteiger partial charge in [-0.15, -0.1) is 0 Å². The van der Waals surface area contributed by atoms with E-state index in [0.717, 1.165) is 36.8 Å².